The minimum atomic E-state index is 0.449. The largest absolute Gasteiger partial charge is 0.489 e. The van der Waals surface area contributed by atoms with Gasteiger partial charge in [-0.15, -0.1) is 0 Å². The molecule has 1 aromatic carbocycles. The van der Waals surface area contributed by atoms with Gasteiger partial charge >= 0.3 is 0 Å². The average Bonchev–Trinajstić information content (AvgIpc) is 2.58. The lowest BCUT2D eigenvalue weighted by Crippen LogP contribution is -2.37. The van der Waals surface area contributed by atoms with E-state index in [2.05, 4.69) is 47.5 Å². The van der Waals surface area contributed by atoms with E-state index >= 15 is 0 Å². The number of hydrogen-bond acceptors (Lipinski definition) is 5. The molecule has 1 N–H and O–H groups in total. The normalized spacial score (nSPS) is 12.3. The van der Waals surface area contributed by atoms with Gasteiger partial charge in [0.1, 0.15) is 24.5 Å². The van der Waals surface area contributed by atoms with Crippen LogP contribution in [0.15, 0.2) is 37.2 Å². The van der Waals surface area contributed by atoms with Crippen LogP contribution >= 0.6 is 0 Å². The molecule has 0 fully saturated rings. The van der Waals surface area contributed by atoms with Gasteiger partial charge < -0.3 is 10.1 Å². The molecule has 0 aliphatic carbocycles. The highest BCUT2D eigenvalue weighted by atomic mass is 16.5. The van der Waals surface area contributed by atoms with Gasteiger partial charge in [-0.3, -0.25) is 4.90 Å². The van der Waals surface area contributed by atoms with Crippen molar-refractivity contribution in [2.24, 2.45) is 0 Å². The predicted octanol–water partition coefficient (Wildman–Crippen LogP) is 3.34. The molecule has 1 aromatic heterocycles. The number of anilines is 1. The molecular formula is C18H26N4O. The number of nitrogens with zero attached hydrogens (tertiary/aromatic N) is 3. The number of hydrogen-bond donors (Lipinski definition) is 1. The van der Waals surface area contributed by atoms with E-state index < -0.39 is 0 Å². The maximum Gasteiger partial charge on any atom is 0.137 e. The second-order valence-corrected chi connectivity index (χ2v) is 5.45. The highest BCUT2D eigenvalue weighted by Crippen LogP contribution is 2.24. The average molecular weight is 314 g/mol. The van der Waals surface area contributed by atoms with E-state index in [1.807, 2.05) is 18.2 Å². The van der Waals surface area contributed by atoms with Crippen LogP contribution in [0.25, 0.3) is 10.9 Å². The third-order valence-electron chi connectivity index (χ3n) is 3.98. The zero-order valence-corrected chi connectivity index (χ0v) is 14.2. The lowest BCUT2D eigenvalue weighted by atomic mass is 10.2. The zero-order valence-electron chi connectivity index (χ0n) is 14.2. The summed E-state index contributed by atoms with van der Waals surface area (Å²) in [4.78, 5) is 11.1. The number of nitrogens with one attached hydrogen (secondary N) is 1. The summed E-state index contributed by atoms with van der Waals surface area (Å²) in [7, 11) is 0. The molecule has 5 nitrogen and oxygen atoms in total. The topological polar surface area (TPSA) is 50.3 Å². The number of fused-ring (bicyclic) bond motifs is 1. The van der Waals surface area contributed by atoms with E-state index in [4.69, 9.17) is 4.74 Å². The first-order valence-corrected chi connectivity index (χ1v) is 8.15. The molecule has 0 radical (unpaired) electrons. The summed E-state index contributed by atoms with van der Waals surface area (Å²) in [6.45, 7) is 13.7. The Bertz CT molecular complexity index is 640. The second kappa shape index (κ2) is 8.48. The molecule has 2 aromatic rings. The van der Waals surface area contributed by atoms with Crippen molar-refractivity contribution in [1.29, 1.82) is 0 Å². The van der Waals surface area contributed by atoms with Crippen LogP contribution in [0.1, 0.15) is 20.8 Å². The third-order valence-corrected chi connectivity index (χ3v) is 3.98. The van der Waals surface area contributed by atoms with Crippen LogP contribution in [0.2, 0.25) is 0 Å². The molecule has 1 heterocycles. The summed E-state index contributed by atoms with van der Waals surface area (Å²) in [5.41, 5.74) is 0.875. The van der Waals surface area contributed by atoms with E-state index in [1.165, 1.54) is 0 Å². The van der Waals surface area contributed by atoms with Crippen molar-refractivity contribution < 1.29 is 4.74 Å². The summed E-state index contributed by atoms with van der Waals surface area (Å²) < 4.78 is 5.56. The molecule has 1 atom stereocenters. The summed E-state index contributed by atoms with van der Waals surface area (Å²) in [5.74, 6) is 1.66. The van der Waals surface area contributed by atoms with E-state index in [9.17, 15) is 0 Å². The van der Waals surface area contributed by atoms with E-state index in [0.29, 0.717) is 12.6 Å². The Morgan fingerprint density at radius 1 is 1.30 bits per heavy atom. The van der Waals surface area contributed by atoms with E-state index in [-0.39, 0.29) is 0 Å². The van der Waals surface area contributed by atoms with Crippen LogP contribution in [-0.2, 0) is 0 Å². The molecule has 0 aliphatic rings. The van der Waals surface area contributed by atoms with Crippen molar-refractivity contribution in [2.75, 3.05) is 31.6 Å². The van der Waals surface area contributed by atoms with Gasteiger partial charge in [-0.05, 0) is 32.1 Å². The number of aromatic nitrogens is 2. The Balaban J connectivity index is 2.13. The van der Waals surface area contributed by atoms with Crippen molar-refractivity contribution in [1.82, 2.24) is 14.9 Å². The Hall–Kier alpha value is -2.14. The first kappa shape index (κ1) is 17.2. The molecule has 0 aliphatic heterocycles. The quantitative estimate of drug-likeness (QED) is 0.719. The van der Waals surface area contributed by atoms with Gasteiger partial charge in [-0.2, -0.15) is 0 Å². The van der Waals surface area contributed by atoms with Crippen molar-refractivity contribution >= 4 is 16.7 Å². The highest BCUT2D eigenvalue weighted by molar-refractivity contribution is 5.89. The highest BCUT2D eigenvalue weighted by Gasteiger charge is 2.11. The van der Waals surface area contributed by atoms with Crippen LogP contribution in [-0.4, -0.2) is 47.2 Å². The predicted molar refractivity (Wildman–Crippen MR) is 96.1 cm³/mol. The van der Waals surface area contributed by atoms with Crippen LogP contribution in [0, 0.1) is 0 Å². The second-order valence-electron chi connectivity index (χ2n) is 5.45. The van der Waals surface area contributed by atoms with Gasteiger partial charge in [0.05, 0.1) is 5.52 Å². The molecule has 0 amide bonds. The van der Waals surface area contributed by atoms with Crippen molar-refractivity contribution in [3.63, 3.8) is 0 Å². The lowest BCUT2D eigenvalue weighted by molar-refractivity contribution is 0.240. The third kappa shape index (κ3) is 4.42. The lowest BCUT2D eigenvalue weighted by Gasteiger charge is -2.26. The Morgan fingerprint density at radius 2 is 2.09 bits per heavy atom. The molecule has 2 rings (SSSR count). The van der Waals surface area contributed by atoms with Gasteiger partial charge in [-0.25, -0.2) is 9.97 Å². The van der Waals surface area contributed by atoms with Crippen molar-refractivity contribution in [3.8, 4) is 5.75 Å². The minimum Gasteiger partial charge on any atom is -0.489 e. The van der Waals surface area contributed by atoms with Crippen molar-refractivity contribution in [3.05, 3.63) is 37.2 Å². The van der Waals surface area contributed by atoms with E-state index in [1.54, 1.807) is 12.4 Å². The number of rotatable bonds is 9. The Labute approximate surface area is 138 Å². The fraction of sp³-hybridized carbons (Fsp3) is 0.444. The summed E-state index contributed by atoms with van der Waals surface area (Å²) >= 11 is 0. The summed E-state index contributed by atoms with van der Waals surface area (Å²) in [6, 6.07) is 6.32. The van der Waals surface area contributed by atoms with Crippen LogP contribution in [0.3, 0.4) is 0 Å². The van der Waals surface area contributed by atoms with Crippen LogP contribution < -0.4 is 10.1 Å². The molecule has 0 saturated heterocycles. The van der Waals surface area contributed by atoms with Gasteiger partial charge in [0.15, 0.2) is 0 Å². The molecule has 0 spiro atoms. The maximum absolute atomic E-state index is 5.56. The van der Waals surface area contributed by atoms with Gasteiger partial charge in [0.2, 0.25) is 0 Å². The first-order chi connectivity index (χ1) is 11.2. The van der Waals surface area contributed by atoms with Gasteiger partial charge in [0, 0.05) is 24.0 Å². The summed E-state index contributed by atoms with van der Waals surface area (Å²) in [5, 5.41) is 4.45. The molecule has 124 valence electrons. The molecule has 1 unspecified atom stereocenters. The molecular weight excluding hydrogens is 288 g/mol. The Kier molecular flexibility index (Phi) is 6.35. The Morgan fingerprint density at radius 3 is 2.78 bits per heavy atom. The number of ether oxygens (including phenoxy) is 1. The monoisotopic (exact) mass is 314 g/mol. The van der Waals surface area contributed by atoms with Crippen LogP contribution in [0.4, 0.5) is 5.82 Å². The fourth-order valence-corrected chi connectivity index (χ4v) is 2.64. The van der Waals surface area contributed by atoms with Gasteiger partial charge in [0.25, 0.3) is 0 Å². The van der Waals surface area contributed by atoms with Crippen LogP contribution in [0.5, 0.6) is 5.75 Å². The minimum absolute atomic E-state index is 0.449. The SMILES string of the molecule is C=CCOc1ccc2c(NCC(C)N(CC)CC)ncnc2c1. The summed E-state index contributed by atoms with van der Waals surface area (Å²) in [6.07, 6.45) is 3.32. The fourth-order valence-electron chi connectivity index (χ4n) is 2.64. The van der Waals surface area contributed by atoms with Gasteiger partial charge in [-0.1, -0.05) is 26.5 Å². The first-order valence-electron chi connectivity index (χ1n) is 8.15. The van der Waals surface area contributed by atoms with Crippen molar-refractivity contribution in [2.45, 2.75) is 26.8 Å². The molecule has 5 heteroatoms. The van der Waals surface area contributed by atoms with E-state index in [0.717, 1.165) is 42.1 Å². The standard InChI is InChI=1S/C18H26N4O/c1-5-10-23-15-8-9-16-17(11-15)20-13-21-18(16)19-12-14(4)22(6-2)7-3/h5,8-9,11,13-14H,1,6-7,10,12H2,2-4H3,(H,19,20,21). The molecule has 0 bridgehead atoms. The smallest absolute Gasteiger partial charge is 0.137 e. The number of likely N-dealkylation sites (N-methyl/N-ethyl adjacent to an activating group) is 1. The zero-order chi connectivity index (χ0) is 16.7. The molecule has 23 heavy (non-hydrogen) atoms. The number of benzene rings is 1. The maximum atomic E-state index is 5.56. The molecule has 0 saturated carbocycles.